The minimum atomic E-state index is 1.11. The lowest BCUT2D eigenvalue weighted by Gasteiger charge is -2.28. The Morgan fingerprint density at radius 1 is 1.00 bits per heavy atom. The van der Waals surface area contributed by atoms with Crippen LogP contribution in [0.25, 0.3) is 0 Å². The van der Waals surface area contributed by atoms with Gasteiger partial charge in [-0.3, -0.25) is 0 Å². The summed E-state index contributed by atoms with van der Waals surface area (Å²) in [5.74, 6) is 4.51. The van der Waals surface area contributed by atoms with Crippen molar-refractivity contribution >= 4 is 0 Å². The van der Waals surface area contributed by atoms with E-state index in [1.165, 1.54) is 19.3 Å². The highest BCUT2D eigenvalue weighted by Gasteiger charge is 2.44. The SMILES string of the molecule is CCCC1CC2CC(CC)C1C2. The molecular formula is C12H22. The molecular weight excluding hydrogens is 144 g/mol. The summed E-state index contributed by atoms with van der Waals surface area (Å²) < 4.78 is 0. The molecule has 4 atom stereocenters. The maximum atomic E-state index is 2.38. The van der Waals surface area contributed by atoms with Gasteiger partial charge in [0.25, 0.3) is 0 Å². The summed E-state index contributed by atoms with van der Waals surface area (Å²) in [5, 5.41) is 0. The first-order valence-corrected chi connectivity index (χ1v) is 5.85. The molecule has 2 rings (SSSR count). The third kappa shape index (κ3) is 1.30. The van der Waals surface area contributed by atoms with Crippen molar-refractivity contribution in [1.82, 2.24) is 0 Å². The van der Waals surface area contributed by atoms with Gasteiger partial charge in [0.1, 0.15) is 0 Å². The zero-order valence-corrected chi connectivity index (χ0v) is 8.55. The van der Waals surface area contributed by atoms with Crippen LogP contribution in [0.3, 0.4) is 0 Å². The molecule has 0 radical (unpaired) electrons. The Labute approximate surface area is 76.7 Å². The molecule has 4 unspecified atom stereocenters. The van der Waals surface area contributed by atoms with Gasteiger partial charge in [0.15, 0.2) is 0 Å². The monoisotopic (exact) mass is 166 g/mol. The van der Waals surface area contributed by atoms with E-state index >= 15 is 0 Å². The van der Waals surface area contributed by atoms with Crippen molar-refractivity contribution < 1.29 is 0 Å². The summed E-state index contributed by atoms with van der Waals surface area (Å²) in [6.45, 7) is 4.72. The molecule has 2 aliphatic rings. The van der Waals surface area contributed by atoms with Gasteiger partial charge in [-0.25, -0.2) is 0 Å². The molecule has 2 bridgehead atoms. The summed E-state index contributed by atoms with van der Waals surface area (Å²) in [6.07, 6.45) is 9.10. The maximum Gasteiger partial charge on any atom is -0.0355 e. The summed E-state index contributed by atoms with van der Waals surface area (Å²) >= 11 is 0. The van der Waals surface area contributed by atoms with Crippen LogP contribution in [-0.2, 0) is 0 Å². The summed E-state index contributed by atoms with van der Waals surface area (Å²) in [4.78, 5) is 0. The Bertz CT molecular complexity index is 148. The molecule has 70 valence electrons. The Morgan fingerprint density at radius 2 is 1.75 bits per heavy atom. The second-order valence-corrected chi connectivity index (χ2v) is 4.95. The minimum Gasteiger partial charge on any atom is -0.0654 e. The lowest BCUT2D eigenvalue weighted by molar-refractivity contribution is 0.220. The van der Waals surface area contributed by atoms with Gasteiger partial charge < -0.3 is 0 Å². The van der Waals surface area contributed by atoms with Crippen LogP contribution < -0.4 is 0 Å². The fourth-order valence-electron chi connectivity index (χ4n) is 3.82. The molecule has 0 spiro atoms. The fraction of sp³-hybridized carbons (Fsp3) is 1.00. The van der Waals surface area contributed by atoms with E-state index in [0.717, 1.165) is 23.7 Å². The Morgan fingerprint density at radius 3 is 2.33 bits per heavy atom. The van der Waals surface area contributed by atoms with E-state index in [-0.39, 0.29) is 0 Å². The van der Waals surface area contributed by atoms with E-state index in [2.05, 4.69) is 13.8 Å². The number of hydrogen-bond donors (Lipinski definition) is 0. The van der Waals surface area contributed by atoms with Gasteiger partial charge in [-0.05, 0) is 42.9 Å². The molecule has 0 aromatic heterocycles. The van der Waals surface area contributed by atoms with Crippen molar-refractivity contribution in [2.45, 2.75) is 52.4 Å². The second-order valence-electron chi connectivity index (χ2n) is 4.95. The Hall–Kier alpha value is 0. The molecule has 12 heavy (non-hydrogen) atoms. The van der Waals surface area contributed by atoms with E-state index in [4.69, 9.17) is 0 Å². The van der Waals surface area contributed by atoms with E-state index in [1.807, 2.05) is 0 Å². The zero-order chi connectivity index (χ0) is 8.55. The van der Waals surface area contributed by atoms with Gasteiger partial charge in [-0.15, -0.1) is 0 Å². The lowest BCUT2D eigenvalue weighted by Crippen LogP contribution is -2.19. The zero-order valence-electron chi connectivity index (χ0n) is 8.55. The van der Waals surface area contributed by atoms with Crippen molar-refractivity contribution in [3.05, 3.63) is 0 Å². The molecule has 0 N–H and O–H groups in total. The van der Waals surface area contributed by atoms with E-state index < -0.39 is 0 Å². The number of hydrogen-bond acceptors (Lipinski definition) is 0. The van der Waals surface area contributed by atoms with E-state index in [1.54, 1.807) is 19.3 Å². The highest BCUT2D eigenvalue weighted by Crippen LogP contribution is 2.54. The number of rotatable bonds is 3. The molecule has 0 amide bonds. The fourth-order valence-corrected chi connectivity index (χ4v) is 3.82. The Kier molecular flexibility index (Phi) is 2.43. The first-order valence-electron chi connectivity index (χ1n) is 5.85. The quantitative estimate of drug-likeness (QED) is 0.597. The molecule has 0 saturated heterocycles. The highest BCUT2D eigenvalue weighted by atomic mass is 14.5. The standard InChI is InChI=1S/C12H22/c1-3-5-11-7-9-6-10(4-2)12(11)8-9/h9-12H,3-8H2,1-2H3. The molecule has 0 nitrogen and oxygen atoms in total. The van der Waals surface area contributed by atoms with Crippen molar-refractivity contribution in [2.75, 3.05) is 0 Å². The average Bonchev–Trinajstić information content (AvgIpc) is 2.62. The first kappa shape index (κ1) is 8.59. The van der Waals surface area contributed by atoms with Crippen LogP contribution in [0.1, 0.15) is 52.4 Å². The minimum absolute atomic E-state index is 1.11. The van der Waals surface area contributed by atoms with Crippen LogP contribution in [-0.4, -0.2) is 0 Å². The smallest absolute Gasteiger partial charge is 0.0355 e. The predicted octanol–water partition coefficient (Wildman–Crippen LogP) is 3.86. The predicted molar refractivity (Wildman–Crippen MR) is 53.0 cm³/mol. The molecule has 2 saturated carbocycles. The second kappa shape index (κ2) is 3.40. The molecule has 0 aromatic carbocycles. The van der Waals surface area contributed by atoms with Crippen molar-refractivity contribution in [1.29, 1.82) is 0 Å². The van der Waals surface area contributed by atoms with Gasteiger partial charge in [0, 0.05) is 0 Å². The molecule has 2 fully saturated rings. The van der Waals surface area contributed by atoms with Crippen LogP contribution in [0, 0.1) is 23.7 Å². The van der Waals surface area contributed by atoms with E-state index in [0.29, 0.717) is 0 Å². The first-order chi connectivity index (χ1) is 5.85. The van der Waals surface area contributed by atoms with Gasteiger partial charge in [0.05, 0.1) is 0 Å². The van der Waals surface area contributed by atoms with Crippen LogP contribution in [0.5, 0.6) is 0 Å². The van der Waals surface area contributed by atoms with Gasteiger partial charge in [-0.2, -0.15) is 0 Å². The van der Waals surface area contributed by atoms with Gasteiger partial charge in [-0.1, -0.05) is 33.1 Å². The summed E-state index contributed by atoms with van der Waals surface area (Å²) in [7, 11) is 0. The van der Waals surface area contributed by atoms with Crippen LogP contribution >= 0.6 is 0 Å². The largest absolute Gasteiger partial charge is 0.0654 e. The van der Waals surface area contributed by atoms with Crippen molar-refractivity contribution in [3.63, 3.8) is 0 Å². The van der Waals surface area contributed by atoms with Crippen LogP contribution in [0.4, 0.5) is 0 Å². The molecule has 2 aliphatic carbocycles. The van der Waals surface area contributed by atoms with E-state index in [9.17, 15) is 0 Å². The lowest BCUT2D eigenvalue weighted by atomic mass is 9.77. The molecule has 0 heteroatoms. The third-order valence-electron chi connectivity index (χ3n) is 4.27. The van der Waals surface area contributed by atoms with Crippen molar-refractivity contribution in [3.8, 4) is 0 Å². The normalized spacial score (nSPS) is 45.5. The molecule has 0 aliphatic heterocycles. The summed E-state index contributed by atoms with van der Waals surface area (Å²) in [6, 6.07) is 0. The average molecular weight is 166 g/mol. The van der Waals surface area contributed by atoms with Crippen LogP contribution in [0.15, 0.2) is 0 Å². The molecule has 0 heterocycles. The molecule has 0 aromatic rings. The van der Waals surface area contributed by atoms with Crippen LogP contribution in [0.2, 0.25) is 0 Å². The van der Waals surface area contributed by atoms with Gasteiger partial charge in [0.2, 0.25) is 0 Å². The summed E-state index contributed by atoms with van der Waals surface area (Å²) in [5.41, 5.74) is 0. The van der Waals surface area contributed by atoms with Crippen molar-refractivity contribution in [2.24, 2.45) is 23.7 Å². The highest BCUT2D eigenvalue weighted by molar-refractivity contribution is 4.94. The topological polar surface area (TPSA) is 0 Å². The maximum absolute atomic E-state index is 2.38. The third-order valence-corrected chi connectivity index (χ3v) is 4.27. The van der Waals surface area contributed by atoms with Gasteiger partial charge >= 0.3 is 0 Å². The Balaban J connectivity index is 1.95. The number of fused-ring (bicyclic) bond motifs is 2.